The SMILES string of the molecule is CCC(C)(CC)NC(=O)c1cccc([N+](=O)[O-])c1NN. The molecule has 0 saturated heterocycles. The summed E-state index contributed by atoms with van der Waals surface area (Å²) < 4.78 is 0. The molecule has 1 aromatic rings. The van der Waals surface area contributed by atoms with Gasteiger partial charge >= 0.3 is 0 Å². The van der Waals surface area contributed by atoms with Crippen LogP contribution in [0.2, 0.25) is 0 Å². The Morgan fingerprint density at radius 2 is 2.00 bits per heavy atom. The standard InChI is InChI=1S/C13H20N4O3/c1-4-13(3,5-2)15-12(18)9-7-6-8-10(17(19)20)11(9)16-14/h6-8,16H,4-5,14H2,1-3H3,(H,15,18). The molecule has 0 aliphatic heterocycles. The summed E-state index contributed by atoms with van der Waals surface area (Å²) >= 11 is 0. The van der Waals surface area contributed by atoms with E-state index in [-0.39, 0.29) is 28.4 Å². The van der Waals surface area contributed by atoms with Crippen LogP contribution >= 0.6 is 0 Å². The fraction of sp³-hybridized carbons (Fsp3) is 0.462. The smallest absolute Gasteiger partial charge is 0.294 e. The number of nitrogens with two attached hydrogens (primary N) is 1. The second-order valence-corrected chi connectivity index (χ2v) is 4.82. The van der Waals surface area contributed by atoms with Crippen LogP contribution in [0.5, 0.6) is 0 Å². The molecule has 20 heavy (non-hydrogen) atoms. The zero-order valence-electron chi connectivity index (χ0n) is 11.9. The van der Waals surface area contributed by atoms with E-state index >= 15 is 0 Å². The summed E-state index contributed by atoms with van der Waals surface area (Å²) in [6.07, 6.45) is 1.52. The van der Waals surface area contributed by atoms with Gasteiger partial charge in [0, 0.05) is 11.6 Å². The Morgan fingerprint density at radius 3 is 2.45 bits per heavy atom. The summed E-state index contributed by atoms with van der Waals surface area (Å²) in [6.45, 7) is 5.87. The van der Waals surface area contributed by atoms with E-state index in [1.807, 2.05) is 20.8 Å². The van der Waals surface area contributed by atoms with Gasteiger partial charge in [-0.15, -0.1) is 0 Å². The highest BCUT2D eigenvalue weighted by molar-refractivity contribution is 6.01. The van der Waals surface area contributed by atoms with Crippen molar-refractivity contribution in [3.63, 3.8) is 0 Å². The van der Waals surface area contributed by atoms with Crippen molar-refractivity contribution in [2.75, 3.05) is 5.43 Å². The minimum atomic E-state index is -0.579. The first-order valence-electron chi connectivity index (χ1n) is 6.45. The quantitative estimate of drug-likeness (QED) is 0.420. The third-order valence-corrected chi connectivity index (χ3v) is 3.60. The Balaban J connectivity index is 3.17. The number of nitro groups is 1. The number of nitrogens with zero attached hydrogens (tertiary/aromatic N) is 1. The molecule has 0 unspecified atom stereocenters. The van der Waals surface area contributed by atoms with Crippen molar-refractivity contribution in [2.24, 2.45) is 5.84 Å². The number of nitrogen functional groups attached to an aromatic ring is 1. The van der Waals surface area contributed by atoms with Crippen molar-refractivity contribution in [3.8, 4) is 0 Å². The van der Waals surface area contributed by atoms with Gasteiger partial charge in [0.05, 0.1) is 10.5 Å². The van der Waals surface area contributed by atoms with Crippen molar-refractivity contribution in [1.82, 2.24) is 5.32 Å². The molecule has 0 spiro atoms. The van der Waals surface area contributed by atoms with Gasteiger partial charge in [0.15, 0.2) is 0 Å². The Morgan fingerprint density at radius 1 is 1.40 bits per heavy atom. The molecule has 0 radical (unpaired) electrons. The van der Waals surface area contributed by atoms with E-state index in [4.69, 9.17) is 5.84 Å². The lowest BCUT2D eigenvalue weighted by Gasteiger charge is -2.28. The highest BCUT2D eigenvalue weighted by Crippen LogP contribution is 2.28. The maximum atomic E-state index is 12.3. The van der Waals surface area contributed by atoms with Crippen LogP contribution in [0.15, 0.2) is 18.2 Å². The van der Waals surface area contributed by atoms with E-state index in [2.05, 4.69) is 10.7 Å². The Bertz CT molecular complexity index is 512. The maximum absolute atomic E-state index is 12.3. The molecule has 110 valence electrons. The van der Waals surface area contributed by atoms with Gasteiger partial charge < -0.3 is 10.7 Å². The zero-order valence-corrected chi connectivity index (χ0v) is 11.9. The Labute approximate surface area is 117 Å². The minimum absolute atomic E-state index is 0.0181. The van der Waals surface area contributed by atoms with Gasteiger partial charge in [0.1, 0.15) is 5.69 Å². The van der Waals surface area contributed by atoms with Gasteiger partial charge in [-0.3, -0.25) is 20.8 Å². The number of nitrogens with one attached hydrogen (secondary N) is 2. The van der Waals surface area contributed by atoms with Crippen molar-refractivity contribution < 1.29 is 9.72 Å². The molecule has 0 heterocycles. The molecule has 1 rings (SSSR count). The van der Waals surface area contributed by atoms with E-state index in [9.17, 15) is 14.9 Å². The second-order valence-electron chi connectivity index (χ2n) is 4.82. The number of para-hydroxylation sites is 1. The fourth-order valence-corrected chi connectivity index (χ4v) is 1.80. The molecule has 0 bridgehead atoms. The van der Waals surface area contributed by atoms with Gasteiger partial charge in [-0.25, -0.2) is 0 Å². The van der Waals surface area contributed by atoms with E-state index < -0.39 is 4.92 Å². The number of amides is 1. The molecule has 0 fully saturated rings. The molecule has 1 amide bonds. The first-order valence-corrected chi connectivity index (χ1v) is 6.45. The van der Waals surface area contributed by atoms with Crippen molar-refractivity contribution in [1.29, 1.82) is 0 Å². The maximum Gasteiger partial charge on any atom is 0.294 e. The molecule has 7 heteroatoms. The third kappa shape index (κ3) is 3.24. The number of rotatable bonds is 6. The highest BCUT2D eigenvalue weighted by Gasteiger charge is 2.26. The van der Waals surface area contributed by atoms with Gasteiger partial charge in [0.25, 0.3) is 11.6 Å². The monoisotopic (exact) mass is 280 g/mol. The van der Waals surface area contributed by atoms with Crippen molar-refractivity contribution in [2.45, 2.75) is 39.2 Å². The molecular formula is C13H20N4O3. The molecule has 0 atom stereocenters. The van der Waals surface area contributed by atoms with Crippen LogP contribution in [0.1, 0.15) is 44.0 Å². The zero-order chi connectivity index (χ0) is 15.3. The number of anilines is 1. The normalized spacial score (nSPS) is 11.0. The topological polar surface area (TPSA) is 110 Å². The third-order valence-electron chi connectivity index (χ3n) is 3.60. The summed E-state index contributed by atoms with van der Waals surface area (Å²) in [5.41, 5.74) is 1.85. The van der Waals surface area contributed by atoms with Crippen LogP contribution in [0.4, 0.5) is 11.4 Å². The summed E-state index contributed by atoms with van der Waals surface area (Å²) in [4.78, 5) is 22.7. The Kier molecular flexibility index (Phi) is 5.04. The molecule has 4 N–H and O–H groups in total. The number of nitro benzene ring substituents is 1. The minimum Gasteiger partial charge on any atom is -0.347 e. The van der Waals surface area contributed by atoms with E-state index in [1.54, 1.807) is 0 Å². The molecule has 1 aromatic carbocycles. The van der Waals surface area contributed by atoms with Crippen molar-refractivity contribution in [3.05, 3.63) is 33.9 Å². The summed E-state index contributed by atoms with van der Waals surface area (Å²) in [7, 11) is 0. The number of hydrazine groups is 1. The van der Waals surface area contributed by atoms with Crippen LogP contribution in [0.3, 0.4) is 0 Å². The van der Waals surface area contributed by atoms with Crippen LogP contribution < -0.4 is 16.6 Å². The van der Waals surface area contributed by atoms with E-state index in [0.29, 0.717) is 0 Å². The predicted octanol–water partition coefficient (Wildman–Crippen LogP) is 2.19. The molecule has 0 aliphatic carbocycles. The second kappa shape index (κ2) is 6.33. The summed E-state index contributed by atoms with van der Waals surface area (Å²) in [5.74, 6) is 4.94. The number of hydrogen-bond acceptors (Lipinski definition) is 5. The van der Waals surface area contributed by atoms with Crippen molar-refractivity contribution >= 4 is 17.3 Å². The Hall–Kier alpha value is -2.15. The molecular weight excluding hydrogens is 260 g/mol. The van der Waals surface area contributed by atoms with Crippen LogP contribution in [-0.2, 0) is 0 Å². The molecule has 0 aliphatic rings. The highest BCUT2D eigenvalue weighted by atomic mass is 16.6. The lowest BCUT2D eigenvalue weighted by Crippen LogP contribution is -2.45. The average Bonchev–Trinajstić information content (AvgIpc) is 2.45. The van der Waals surface area contributed by atoms with Crippen LogP contribution in [0.25, 0.3) is 0 Å². The lowest BCUT2D eigenvalue weighted by atomic mass is 9.95. The molecule has 0 aromatic heterocycles. The van der Waals surface area contributed by atoms with Gasteiger partial charge in [-0.05, 0) is 25.8 Å². The number of benzene rings is 1. The number of carbonyl (C=O) groups is 1. The summed E-state index contributed by atoms with van der Waals surface area (Å²) in [6, 6.07) is 4.26. The van der Waals surface area contributed by atoms with Gasteiger partial charge in [-0.1, -0.05) is 19.9 Å². The average molecular weight is 280 g/mol. The first-order chi connectivity index (χ1) is 9.38. The fourth-order valence-electron chi connectivity index (χ4n) is 1.80. The van der Waals surface area contributed by atoms with Gasteiger partial charge in [0.2, 0.25) is 0 Å². The first kappa shape index (κ1) is 15.9. The van der Waals surface area contributed by atoms with Crippen LogP contribution in [-0.4, -0.2) is 16.4 Å². The number of carbonyl (C=O) groups excluding carboxylic acids is 1. The van der Waals surface area contributed by atoms with Gasteiger partial charge in [-0.2, -0.15) is 0 Å². The predicted molar refractivity (Wildman–Crippen MR) is 77.4 cm³/mol. The van der Waals surface area contributed by atoms with Crippen LogP contribution in [0, 0.1) is 10.1 Å². The largest absolute Gasteiger partial charge is 0.347 e. The molecule has 7 nitrogen and oxygen atoms in total. The summed E-state index contributed by atoms with van der Waals surface area (Å²) in [5, 5.41) is 13.8. The molecule has 0 saturated carbocycles. The number of hydrogen-bond donors (Lipinski definition) is 3. The van der Waals surface area contributed by atoms with E-state index in [0.717, 1.165) is 12.8 Å². The van der Waals surface area contributed by atoms with E-state index in [1.165, 1.54) is 18.2 Å². The lowest BCUT2D eigenvalue weighted by molar-refractivity contribution is -0.384.